The first-order valence-corrected chi connectivity index (χ1v) is 5.34. The van der Waals surface area contributed by atoms with Crippen LogP contribution in [0, 0.1) is 0 Å². The van der Waals surface area contributed by atoms with Crippen molar-refractivity contribution in [3.05, 3.63) is 34.9 Å². The number of rotatable bonds is 3. The van der Waals surface area contributed by atoms with Gasteiger partial charge in [-0.2, -0.15) is 13.2 Å². The molecule has 4 nitrogen and oxygen atoms in total. The van der Waals surface area contributed by atoms with Gasteiger partial charge in [-0.1, -0.05) is 11.6 Å². The second-order valence-corrected chi connectivity index (χ2v) is 3.91. The molecule has 0 saturated heterocycles. The molecule has 0 heterocycles. The number of benzene rings is 1. The van der Waals surface area contributed by atoms with E-state index in [0.717, 1.165) is 7.11 Å². The lowest BCUT2D eigenvalue weighted by Crippen LogP contribution is -2.51. The van der Waals surface area contributed by atoms with E-state index in [1.165, 1.54) is 24.3 Å². The maximum atomic E-state index is 12.6. The Morgan fingerprint density at radius 1 is 1.26 bits per heavy atom. The summed E-state index contributed by atoms with van der Waals surface area (Å²) in [6, 6.07) is 2.46. The number of carbonyl (C=O) groups is 2. The standard InChI is InChI=1S/C11H9ClF3NO3/c1-19-10(18)8(11(13,14)15)16-9(17)6-2-4-7(12)5-3-6/h2-5,8H,1H3,(H,16,17). The minimum absolute atomic E-state index is 0.0532. The van der Waals surface area contributed by atoms with Crippen LogP contribution in [0.15, 0.2) is 24.3 Å². The molecule has 0 saturated carbocycles. The fourth-order valence-corrected chi connectivity index (χ4v) is 1.33. The van der Waals surface area contributed by atoms with Crippen molar-refractivity contribution in [1.82, 2.24) is 5.32 Å². The van der Waals surface area contributed by atoms with Gasteiger partial charge in [-0.15, -0.1) is 0 Å². The third-order valence-corrected chi connectivity index (χ3v) is 2.40. The molecular weight excluding hydrogens is 287 g/mol. The van der Waals surface area contributed by atoms with Gasteiger partial charge in [0.2, 0.25) is 6.04 Å². The van der Waals surface area contributed by atoms with E-state index in [9.17, 15) is 22.8 Å². The summed E-state index contributed by atoms with van der Waals surface area (Å²) < 4.78 is 41.7. The van der Waals surface area contributed by atoms with Crippen molar-refractivity contribution < 1.29 is 27.5 Å². The number of amides is 1. The fourth-order valence-electron chi connectivity index (χ4n) is 1.21. The quantitative estimate of drug-likeness (QED) is 0.870. The van der Waals surface area contributed by atoms with Gasteiger partial charge in [0, 0.05) is 10.6 Å². The summed E-state index contributed by atoms with van der Waals surface area (Å²) in [6.45, 7) is 0. The summed E-state index contributed by atoms with van der Waals surface area (Å²) in [5, 5.41) is 1.89. The van der Waals surface area contributed by atoms with E-state index in [0.29, 0.717) is 5.02 Å². The minimum atomic E-state index is -4.94. The maximum Gasteiger partial charge on any atom is 0.419 e. The van der Waals surface area contributed by atoms with E-state index in [2.05, 4.69) is 4.74 Å². The lowest BCUT2D eigenvalue weighted by Gasteiger charge is -2.19. The molecule has 1 atom stereocenters. The molecule has 0 aliphatic rings. The van der Waals surface area contributed by atoms with Crippen molar-refractivity contribution in [1.29, 1.82) is 0 Å². The number of carbonyl (C=O) groups excluding carboxylic acids is 2. The summed E-state index contributed by atoms with van der Waals surface area (Å²) in [5.41, 5.74) is -0.0532. The lowest BCUT2D eigenvalue weighted by molar-refractivity contribution is -0.180. The number of halogens is 4. The van der Waals surface area contributed by atoms with Crippen LogP contribution in [0.4, 0.5) is 13.2 Å². The van der Waals surface area contributed by atoms with Gasteiger partial charge in [0.05, 0.1) is 7.11 Å². The minimum Gasteiger partial charge on any atom is -0.467 e. The van der Waals surface area contributed by atoms with E-state index in [-0.39, 0.29) is 5.56 Å². The van der Waals surface area contributed by atoms with Crippen LogP contribution in [-0.2, 0) is 9.53 Å². The molecule has 1 aromatic rings. The third-order valence-electron chi connectivity index (χ3n) is 2.15. The zero-order valence-electron chi connectivity index (χ0n) is 9.62. The SMILES string of the molecule is COC(=O)C(NC(=O)c1ccc(Cl)cc1)C(F)(F)F. The molecule has 1 rings (SSSR count). The van der Waals surface area contributed by atoms with E-state index in [4.69, 9.17) is 11.6 Å². The molecule has 1 unspecified atom stereocenters. The Morgan fingerprint density at radius 2 is 1.79 bits per heavy atom. The van der Waals surface area contributed by atoms with E-state index < -0.39 is 24.1 Å². The molecule has 0 aliphatic heterocycles. The first-order chi connectivity index (χ1) is 8.75. The highest BCUT2D eigenvalue weighted by molar-refractivity contribution is 6.30. The molecule has 1 amide bonds. The summed E-state index contributed by atoms with van der Waals surface area (Å²) in [4.78, 5) is 22.6. The van der Waals surface area contributed by atoms with Gasteiger partial charge in [-0.3, -0.25) is 4.79 Å². The predicted octanol–water partition coefficient (Wildman–Crippen LogP) is 2.17. The van der Waals surface area contributed by atoms with E-state index in [1.54, 1.807) is 5.32 Å². The molecule has 8 heteroatoms. The number of ether oxygens (including phenoxy) is 1. The van der Waals surface area contributed by atoms with Gasteiger partial charge in [0.15, 0.2) is 0 Å². The molecular formula is C11H9ClF3NO3. The monoisotopic (exact) mass is 295 g/mol. The number of nitrogens with one attached hydrogen (secondary N) is 1. The second-order valence-electron chi connectivity index (χ2n) is 3.48. The van der Waals surface area contributed by atoms with Crippen LogP contribution in [0.25, 0.3) is 0 Å². The molecule has 1 aromatic carbocycles. The van der Waals surface area contributed by atoms with Crippen LogP contribution >= 0.6 is 11.6 Å². The number of hydrogen-bond donors (Lipinski definition) is 1. The first kappa shape index (κ1) is 15.3. The topological polar surface area (TPSA) is 55.4 Å². The predicted molar refractivity (Wildman–Crippen MR) is 60.8 cm³/mol. The van der Waals surface area contributed by atoms with Crippen molar-refractivity contribution in [3.8, 4) is 0 Å². The van der Waals surface area contributed by atoms with Gasteiger partial charge < -0.3 is 10.1 Å². The fraction of sp³-hybridized carbons (Fsp3) is 0.273. The van der Waals surface area contributed by atoms with Gasteiger partial charge in [-0.25, -0.2) is 4.79 Å². The number of alkyl halides is 3. The van der Waals surface area contributed by atoms with Crippen LogP contribution in [-0.4, -0.2) is 31.2 Å². The highest BCUT2D eigenvalue weighted by atomic mass is 35.5. The van der Waals surface area contributed by atoms with Gasteiger partial charge in [-0.05, 0) is 24.3 Å². The summed E-state index contributed by atoms with van der Waals surface area (Å²) in [7, 11) is 0.801. The van der Waals surface area contributed by atoms with Gasteiger partial charge >= 0.3 is 12.1 Å². The normalized spacial score (nSPS) is 12.7. The van der Waals surface area contributed by atoms with Crippen molar-refractivity contribution in [2.75, 3.05) is 7.11 Å². The molecule has 1 N–H and O–H groups in total. The Labute approximate surface area is 111 Å². The summed E-state index contributed by atoms with van der Waals surface area (Å²) in [6.07, 6.45) is -4.94. The smallest absolute Gasteiger partial charge is 0.419 e. The molecule has 0 fully saturated rings. The maximum absolute atomic E-state index is 12.6. The number of methoxy groups -OCH3 is 1. The zero-order chi connectivity index (χ0) is 14.6. The highest BCUT2D eigenvalue weighted by Gasteiger charge is 2.47. The number of hydrogen-bond acceptors (Lipinski definition) is 3. The van der Waals surface area contributed by atoms with Crippen LogP contribution in [0.2, 0.25) is 5.02 Å². The summed E-state index contributed by atoms with van der Waals surface area (Å²) >= 11 is 5.58. The van der Waals surface area contributed by atoms with Gasteiger partial charge in [0.25, 0.3) is 5.91 Å². The van der Waals surface area contributed by atoms with Crippen LogP contribution in [0.1, 0.15) is 10.4 Å². The molecule has 0 aromatic heterocycles. The molecule has 0 bridgehead atoms. The molecule has 0 aliphatic carbocycles. The Kier molecular flexibility index (Phi) is 4.77. The van der Waals surface area contributed by atoms with Crippen molar-refractivity contribution in [3.63, 3.8) is 0 Å². The van der Waals surface area contributed by atoms with Gasteiger partial charge in [0.1, 0.15) is 0 Å². The second kappa shape index (κ2) is 5.92. The Bertz CT molecular complexity index is 473. The highest BCUT2D eigenvalue weighted by Crippen LogP contribution is 2.21. The average Bonchev–Trinajstić information content (AvgIpc) is 2.34. The van der Waals surface area contributed by atoms with Crippen molar-refractivity contribution in [2.45, 2.75) is 12.2 Å². The average molecular weight is 296 g/mol. The first-order valence-electron chi connectivity index (χ1n) is 4.96. The molecule has 0 radical (unpaired) electrons. The third kappa shape index (κ3) is 4.13. The van der Waals surface area contributed by atoms with Crippen LogP contribution < -0.4 is 5.32 Å². The molecule has 19 heavy (non-hydrogen) atoms. The lowest BCUT2D eigenvalue weighted by atomic mass is 10.2. The van der Waals surface area contributed by atoms with E-state index in [1.807, 2.05) is 0 Å². The van der Waals surface area contributed by atoms with Crippen LogP contribution in [0.5, 0.6) is 0 Å². The van der Waals surface area contributed by atoms with Crippen molar-refractivity contribution >= 4 is 23.5 Å². The number of esters is 1. The van der Waals surface area contributed by atoms with E-state index >= 15 is 0 Å². The largest absolute Gasteiger partial charge is 0.467 e. The van der Waals surface area contributed by atoms with Crippen molar-refractivity contribution in [2.24, 2.45) is 0 Å². The Morgan fingerprint density at radius 3 is 2.21 bits per heavy atom. The molecule has 0 spiro atoms. The molecule has 104 valence electrons. The Hall–Kier alpha value is -1.76. The van der Waals surface area contributed by atoms with Crippen LogP contribution in [0.3, 0.4) is 0 Å². The Balaban J connectivity index is 2.88. The summed E-state index contributed by atoms with van der Waals surface area (Å²) in [5.74, 6) is -2.64. The zero-order valence-corrected chi connectivity index (χ0v) is 10.4.